The van der Waals surface area contributed by atoms with Gasteiger partial charge in [0, 0.05) is 11.7 Å². The van der Waals surface area contributed by atoms with E-state index in [9.17, 15) is 0 Å². The summed E-state index contributed by atoms with van der Waals surface area (Å²) >= 11 is 11.2. The molecule has 4 heteroatoms. The third-order valence-corrected chi connectivity index (χ3v) is 4.02. The lowest BCUT2D eigenvalue weighted by Gasteiger charge is -2.33. The van der Waals surface area contributed by atoms with Crippen LogP contribution in [-0.2, 0) is 0 Å². The zero-order chi connectivity index (χ0) is 12.4. The van der Waals surface area contributed by atoms with E-state index in [4.69, 9.17) is 29.6 Å². The third-order valence-electron chi connectivity index (χ3n) is 3.50. The number of nitrogens with one attached hydrogen (secondary N) is 1. The number of hydrogen-bond acceptors (Lipinski definition) is 2. The topological polar surface area (TPSA) is 38.0 Å². The Kier molecular flexibility index (Phi) is 3.89. The first-order valence-corrected chi connectivity index (χ1v) is 6.73. The van der Waals surface area contributed by atoms with Crippen molar-refractivity contribution in [3.63, 3.8) is 0 Å². The maximum absolute atomic E-state index is 6.13. The Bertz CT molecular complexity index is 429. The van der Waals surface area contributed by atoms with Crippen molar-refractivity contribution >= 4 is 34.5 Å². The highest BCUT2D eigenvalue weighted by Crippen LogP contribution is 2.32. The molecule has 0 bridgehead atoms. The molecule has 2 rings (SSSR count). The Morgan fingerprint density at radius 3 is 2.76 bits per heavy atom. The van der Waals surface area contributed by atoms with Crippen LogP contribution >= 0.6 is 23.8 Å². The van der Waals surface area contributed by atoms with Gasteiger partial charge in [0.05, 0.1) is 10.6 Å². The smallest absolute Gasteiger partial charge is 0.107 e. The lowest BCUT2D eigenvalue weighted by Crippen LogP contribution is -2.31. The summed E-state index contributed by atoms with van der Waals surface area (Å²) < 4.78 is 0. The summed E-state index contributed by atoms with van der Waals surface area (Å²) in [4.78, 5) is 0.346. The summed E-state index contributed by atoms with van der Waals surface area (Å²) in [5.74, 6) is 0.758. The average Bonchev–Trinajstić information content (AvgIpc) is 2.13. The summed E-state index contributed by atoms with van der Waals surface area (Å²) in [6.07, 6.45) is 3.95. The molecule has 0 amide bonds. The largest absolute Gasteiger partial charge is 0.389 e. The Morgan fingerprint density at radius 2 is 2.24 bits per heavy atom. The van der Waals surface area contributed by atoms with Gasteiger partial charge >= 0.3 is 0 Å². The van der Waals surface area contributed by atoms with E-state index in [1.807, 2.05) is 18.2 Å². The highest BCUT2D eigenvalue weighted by atomic mass is 35.5. The molecule has 0 saturated heterocycles. The van der Waals surface area contributed by atoms with Gasteiger partial charge in [-0.25, -0.2) is 0 Å². The fourth-order valence-electron chi connectivity index (χ4n) is 2.20. The first-order chi connectivity index (χ1) is 8.09. The maximum Gasteiger partial charge on any atom is 0.107 e. The van der Waals surface area contributed by atoms with Gasteiger partial charge < -0.3 is 11.1 Å². The molecule has 1 unspecified atom stereocenters. The van der Waals surface area contributed by atoms with Gasteiger partial charge in [-0.2, -0.15) is 0 Å². The molecular weight excluding hydrogens is 252 g/mol. The molecule has 0 radical (unpaired) electrons. The SMILES string of the molecule is CC(Nc1cccc(Cl)c1C(N)=S)C1CCC1. The minimum atomic E-state index is 0.346. The molecule has 1 aromatic rings. The van der Waals surface area contributed by atoms with E-state index in [1.54, 1.807) is 0 Å². The van der Waals surface area contributed by atoms with Crippen LogP contribution in [0.25, 0.3) is 0 Å². The first kappa shape index (κ1) is 12.7. The predicted molar refractivity (Wildman–Crippen MR) is 77.8 cm³/mol. The van der Waals surface area contributed by atoms with Crippen LogP contribution in [0, 0.1) is 5.92 Å². The maximum atomic E-state index is 6.13. The second-order valence-corrected chi connectivity index (χ2v) is 5.50. The monoisotopic (exact) mass is 268 g/mol. The molecule has 2 nitrogen and oxygen atoms in total. The number of anilines is 1. The quantitative estimate of drug-likeness (QED) is 0.820. The molecule has 1 saturated carbocycles. The van der Waals surface area contributed by atoms with Crippen molar-refractivity contribution in [2.24, 2.45) is 11.7 Å². The Labute approximate surface area is 113 Å². The van der Waals surface area contributed by atoms with Gasteiger partial charge in [-0.05, 0) is 37.8 Å². The van der Waals surface area contributed by atoms with Crippen molar-refractivity contribution in [2.45, 2.75) is 32.2 Å². The molecule has 0 aromatic heterocycles. The standard InChI is InChI=1S/C13H17ClN2S/c1-8(9-4-2-5-9)16-11-7-3-6-10(14)12(11)13(15)17/h3,6-9,16H,2,4-5H2,1H3,(H2,15,17). The van der Waals surface area contributed by atoms with Crippen LogP contribution in [0.15, 0.2) is 18.2 Å². The molecule has 92 valence electrons. The van der Waals surface area contributed by atoms with E-state index in [0.29, 0.717) is 16.1 Å². The molecular formula is C13H17ClN2S. The minimum Gasteiger partial charge on any atom is -0.389 e. The van der Waals surface area contributed by atoms with Crippen molar-refractivity contribution in [3.8, 4) is 0 Å². The number of nitrogens with two attached hydrogens (primary N) is 1. The van der Waals surface area contributed by atoms with Crippen LogP contribution < -0.4 is 11.1 Å². The second kappa shape index (κ2) is 5.23. The fraction of sp³-hybridized carbons (Fsp3) is 0.462. The molecule has 1 aliphatic carbocycles. The summed E-state index contributed by atoms with van der Waals surface area (Å²) in [7, 11) is 0. The van der Waals surface area contributed by atoms with Crippen molar-refractivity contribution in [1.29, 1.82) is 0 Å². The van der Waals surface area contributed by atoms with Crippen LogP contribution in [0.5, 0.6) is 0 Å². The highest BCUT2D eigenvalue weighted by molar-refractivity contribution is 7.80. The Hall–Kier alpha value is -0.800. The number of halogens is 1. The van der Waals surface area contributed by atoms with E-state index in [2.05, 4.69) is 12.2 Å². The van der Waals surface area contributed by atoms with Gasteiger partial charge in [-0.3, -0.25) is 0 Å². The lowest BCUT2D eigenvalue weighted by atomic mass is 9.80. The summed E-state index contributed by atoms with van der Waals surface area (Å²) in [6.45, 7) is 2.20. The Balaban J connectivity index is 2.19. The minimum absolute atomic E-state index is 0.346. The van der Waals surface area contributed by atoms with Crippen LogP contribution in [0.4, 0.5) is 5.69 Å². The lowest BCUT2D eigenvalue weighted by molar-refractivity contribution is 0.285. The van der Waals surface area contributed by atoms with Crippen LogP contribution in [-0.4, -0.2) is 11.0 Å². The fourth-order valence-corrected chi connectivity index (χ4v) is 2.75. The van der Waals surface area contributed by atoms with Crippen molar-refractivity contribution in [1.82, 2.24) is 0 Å². The van der Waals surface area contributed by atoms with Gasteiger partial charge in [0.1, 0.15) is 4.99 Å². The van der Waals surface area contributed by atoms with E-state index < -0.39 is 0 Å². The predicted octanol–water partition coefficient (Wildman–Crippen LogP) is 3.57. The zero-order valence-electron chi connectivity index (χ0n) is 9.87. The normalized spacial score (nSPS) is 17.3. The van der Waals surface area contributed by atoms with Gasteiger partial charge in [0.25, 0.3) is 0 Å². The van der Waals surface area contributed by atoms with E-state index >= 15 is 0 Å². The van der Waals surface area contributed by atoms with Crippen molar-refractivity contribution in [3.05, 3.63) is 28.8 Å². The molecule has 1 aliphatic rings. The molecule has 1 atom stereocenters. The van der Waals surface area contributed by atoms with Gasteiger partial charge in [0.15, 0.2) is 0 Å². The highest BCUT2D eigenvalue weighted by Gasteiger charge is 2.24. The van der Waals surface area contributed by atoms with Crippen molar-refractivity contribution in [2.75, 3.05) is 5.32 Å². The number of thiocarbonyl (C=S) groups is 1. The van der Waals surface area contributed by atoms with Crippen LogP contribution in [0.1, 0.15) is 31.7 Å². The summed E-state index contributed by atoms with van der Waals surface area (Å²) in [6, 6.07) is 6.15. The number of hydrogen-bond donors (Lipinski definition) is 2. The average molecular weight is 269 g/mol. The second-order valence-electron chi connectivity index (χ2n) is 4.65. The third kappa shape index (κ3) is 2.72. The van der Waals surface area contributed by atoms with E-state index in [0.717, 1.165) is 17.2 Å². The first-order valence-electron chi connectivity index (χ1n) is 5.94. The molecule has 0 spiro atoms. The Morgan fingerprint density at radius 1 is 1.53 bits per heavy atom. The molecule has 3 N–H and O–H groups in total. The van der Waals surface area contributed by atoms with Crippen molar-refractivity contribution < 1.29 is 0 Å². The summed E-state index contributed by atoms with van der Waals surface area (Å²) in [5, 5.41) is 4.10. The van der Waals surface area contributed by atoms with Crippen LogP contribution in [0.2, 0.25) is 5.02 Å². The van der Waals surface area contributed by atoms with Gasteiger partial charge in [0.2, 0.25) is 0 Å². The number of benzene rings is 1. The molecule has 1 fully saturated rings. The zero-order valence-corrected chi connectivity index (χ0v) is 11.4. The van der Waals surface area contributed by atoms with Gasteiger partial charge in [-0.1, -0.05) is 36.3 Å². The molecule has 0 heterocycles. The van der Waals surface area contributed by atoms with Gasteiger partial charge in [-0.15, -0.1) is 0 Å². The number of rotatable bonds is 4. The molecule has 17 heavy (non-hydrogen) atoms. The molecule has 1 aromatic carbocycles. The van der Waals surface area contributed by atoms with E-state index in [1.165, 1.54) is 19.3 Å². The summed E-state index contributed by atoms with van der Waals surface area (Å²) in [5.41, 5.74) is 7.43. The molecule has 0 aliphatic heterocycles. The van der Waals surface area contributed by atoms with E-state index in [-0.39, 0.29) is 0 Å². The van der Waals surface area contributed by atoms with Crippen LogP contribution in [0.3, 0.4) is 0 Å².